The topological polar surface area (TPSA) is 26.0 Å². The molecule has 0 aliphatic rings. The average Bonchev–Trinajstić information content (AvgIpc) is 2.61. The first-order chi connectivity index (χ1) is 8.00. The molecule has 2 N–H and O–H groups in total. The van der Waals surface area contributed by atoms with E-state index in [1.54, 1.807) is 0 Å². The fraction of sp³-hybridized carbons (Fsp3) is 0.167. The van der Waals surface area contributed by atoms with Crippen molar-refractivity contribution in [3.05, 3.63) is 55.7 Å². The Morgan fingerprint density at radius 3 is 2.59 bits per heavy atom. The van der Waals surface area contributed by atoms with Gasteiger partial charge < -0.3 is 5.73 Å². The maximum absolute atomic E-state index is 13.6. The third kappa shape index (κ3) is 2.41. The van der Waals surface area contributed by atoms with Gasteiger partial charge in [0.25, 0.3) is 0 Å². The second-order valence-corrected chi connectivity index (χ2v) is 6.32. The van der Waals surface area contributed by atoms with Gasteiger partial charge in [0.15, 0.2) is 11.6 Å². The minimum absolute atomic E-state index is 0.179. The smallest absolute Gasteiger partial charge is 0.163 e. The summed E-state index contributed by atoms with van der Waals surface area (Å²) in [5.74, 6) is -1.74. The van der Waals surface area contributed by atoms with Gasteiger partial charge in [-0.3, -0.25) is 0 Å². The minimum atomic E-state index is -0.873. The van der Waals surface area contributed by atoms with Crippen LogP contribution in [-0.2, 0) is 0 Å². The molecule has 0 amide bonds. The molecule has 1 heterocycles. The summed E-state index contributed by atoms with van der Waals surface area (Å²) in [6.45, 7) is 1.90. The fourth-order valence-corrected chi connectivity index (χ4v) is 3.45. The summed E-state index contributed by atoms with van der Waals surface area (Å²) in [5.41, 5.74) is 6.97. The van der Waals surface area contributed by atoms with E-state index in [9.17, 15) is 8.78 Å². The van der Waals surface area contributed by atoms with Crippen molar-refractivity contribution in [2.75, 3.05) is 0 Å². The first-order valence-electron chi connectivity index (χ1n) is 4.96. The number of aryl methyl sites for hydroxylation is 1. The molecule has 0 radical (unpaired) electrons. The van der Waals surface area contributed by atoms with E-state index >= 15 is 0 Å². The van der Waals surface area contributed by atoms with Crippen molar-refractivity contribution in [1.29, 1.82) is 0 Å². The molecule has 0 saturated carbocycles. The molecule has 0 aliphatic carbocycles. The lowest BCUT2D eigenvalue weighted by Gasteiger charge is -2.13. The van der Waals surface area contributed by atoms with Crippen LogP contribution in [0, 0.1) is 18.6 Å². The predicted molar refractivity (Wildman–Crippen MR) is 69.1 cm³/mol. The number of hydrogen-bond donors (Lipinski definition) is 1. The summed E-state index contributed by atoms with van der Waals surface area (Å²) < 4.78 is 27.7. The molecule has 1 nitrogen and oxygen atoms in total. The van der Waals surface area contributed by atoms with E-state index in [1.165, 1.54) is 23.5 Å². The standard InChI is InChI=1S/C12H10BrF2NS/c1-6-8(5-10(13)17-6)12(16)7-3-2-4-9(14)11(7)15/h2-5,12H,16H2,1H3. The van der Waals surface area contributed by atoms with Crippen molar-refractivity contribution in [1.82, 2.24) is 0 Å². The average molecular weight is 318 g/mol. The predicted octanol–water partition coefficient (Wildman–Crippen LogP) is 4.15. The normalized spacial score (nSPS) is 12.8. The second-order valence-electron chi connectivity index (χ2n) is 3.68. The number of halogens is 3. The summed E-state index contributed by atoms with van der Waals surface area (Å²) >= 11 is 4.87. The van der Waals surface area contributed by atoms with E-state index in [2.05, 4.69) is 15.9 Å². The van der Waals surface area contributed by atoms with Crippen molar-refractivity contribution in [2.45, 2.75) is 13.0 Å². The van der Waals surface area contributed by atoms with Crippen molar-refractivity contribution in [3.63, 3.8) is 0 Å². The van der Waals surface area contributed by atoms with Gasteiger partial charge in [0.05, 0.1) is 9.83 Å². The van der Waals surface area contributed by atoms with Crippen LogP contribution in [-0.4, -0.2) is 0 Å². The highest BCUT2D eigenvalue weighted by Gasteiger charge is 2.19. The number of rotatable bonds is 2. The molecule has 0 saturated heterocycles. The molecule has 1 aromatic carbocycles. The molecule has 17 heavy (non-hydrogen) atoms. The molecular weight excluding hydrogens is 308 g/mol. The Hall–Kier alpha value is -0.780. The van der Waals surface area contributed by atoms with Crippen LogP contribution in [0.1, 0.15) is 22.0 Å². The van der Waals surface area contributed by atoms with Gasteiger partial charge in [-0.1, -0.05) is 12.1 Å². The summed E-state index contributed by atoms with van der Waals surface area (Å²) in [4.78, 5) is 0.994. The maximum Gasteiger partial charge on any atom is 0.163 e. The Bertz CT molecular complexity index is 553. The van der Waals surface area contributed by atoms with Crippen LogP contribution >= 0.6 is 27.3 Å². The minimum Gasteiger partial charge on any atom is -0.320 e. The van der Waals surface area contributed by atoms with Gasteiger partial charge in [-0.25, -0.2) is 8.78 Å². The van der Waals surface area contributed by atoms with Gasteiger partial charge in [-0.05, 0) is 40.5 Å². The van der Waals surface area contributed by atoms with Crippen LogP contribution < -0.4 is 5.73 Å². The van der Waals surface area contributed by atoms with Crippen LogP contribution in [0.25, 0.3) is 0 Å². The van der Waals surface area contributed by atoms with E-state index in [1.807, 2.05) is 13.0 Å². The lowest BCUT2D eigenvalue weighted by atomic mass is 10.00. The van der Waals surface area contributed by atoms with Gasteiger partial charge in [0.1, 0.15) is 0 Å². The third-order valence-corrected chi connectivity index (χ3v) is 4.15. The molecule has 90 valence electrons. The zero-order valence-electron chi connectivity index (χ0n) is 9.01. The van der Waals surface area contributed by atoms with Crippen LogP contribution in [0.15, 0.2) is 28.1 Å². The Balaban J connectivity index is 2.47. The quantitative estimate of drug-likeness (QED) is 0.884. The molecular formula is C12H10BrF2NS. The first-order valence-corrected chi connectivity index (χ1v) is 6.57. The van der Waals surface area contributed by atoms with E-state index in [0.717, 1.165) is 20.3 Å². The third-order valence-electron chi connectivity index (χ3n) is 2.58. The van der Waals surface area contributed by atoms with Crippen LogP contribution in [0.4, 0.5) is 8.78 Å². The lowest BCUT2D eigenvalue weighted by Crippen LogP contribution is -2.14. The van der Waals surface area contributed by atoms with Crippen molar-refractivity contribution >= 4 is 27.3 Å². The van der Waals surface area contributed by atoms with Gasteiger partial charge in [-0.2, -0.15) is 0 Å². The number of hydrogen-bond acceptors (Lipinski definition) is 2. The zero-order valence-corrected chi connectivity index (χ0v) is 11.4. The summed E-state index contributed by atoms with van der Waals surface area (Å²) in [6, 6.07) is 5.25. The largest absolute Gasteiger partial charge is 0.320 e. The molecule has 5 heteroatoms. The molecule has 0 aliphatic heterocycles. The molecule has 0 bridgehead atoms. The van der Waals surface area contributed by atoms with Gasteiger partial charge in [0, 0.05) is 10.4 Å². The van der Waals surface area contributed by atoms with Crippen molar-refractivity contribution in [2.24, 2.45) is 5.73 Å². The van der Waals surface area contributed by atoms with Crippen molar-refractivity contribution < 1.29 is 8.78 Å². The summed E-state index contributed by atoms with van der Waals surface area (Å²) in [7, 11) is 0. The maximum atomic E-state index is 13.6. The second kappa shape index (κ2) is 4.84. The van der Waals surface area contributed by atoms with E-state index in [0.29, 0.717) is 0 Å². The number of benzene rings is 1. The van der Waals surface area contributed by atoms with Gasteiger partial charge >= 0.3 is 0 Å². The summed E-state index contributed by atoms with van der Waals surface area (Å²) in [5, 5.41) is 0. The Kier molecular flexibility index (Phi) is 3.61. The van der Waals surface area contributed by atoms with E-state index in [4.69, 9.17) is 5.73 Å². The highest BCUT2D eigenvalue weighted by Crippen LogP contribution is 2.33. The fourth-order valence-electron chi connectivity index (χ4n) is 1.70. The highest BCUT2D eigenvalue weighted by atomic mass is 79.9. The molecule has 0 fully saturated rings. The first kappa shape index (κ1) is 12.7. The lowest BCUT2D eigenvalue weighted by molar-refractivity contribution is 0.494. The number of thiophene rings is 1. The molecule has 2 aromatic rings. The zero-order chi connectivity index (χ0) is 12.6. The Labute approximate surface area is 110 Å². The molecule has 1 aromatic heterocycles. The molecule has 1 unspecified atom stereocenters. The van der Waals surface area contributed by atoms with Gasteiger partial charge in [0.2, 0.25) is 0 Å². The Morgan fingerprint density at radius 1 is 1.29 bits per heavy atom. The van der Waals surface area contributed by atoms with E-state index in [-0.39, 0.29) is 5.56 Å². The molecule has 1 atom stereocenters. The molecule has 2 rings (SSSR count). The van der Waals surface area contributed by atoms with Crippen LogP contribution in [0.2, 0.25) is 0 Å². The van der Waals surface area contributed by atoms with Gasteiger partial charge in [-0.15, -0.1) is 11.3 Å². The van der Waals surface area contributed by atoms with Crippen molar-refractivity contribution in [3.8, 4) is 0 Å². The van der Waals surface area contributed by atoms with Crippen LogP contribution in [0.3, 0.4) is 0 Å². The highest BCUT2D eigenvalue weighted by molar-refractivity contribution is 9.11. The molecule has 0 spiro atoms. The van der Waals surface area contributed by atoms with Crippen LogP contribution in [0.5, 0.6) is 0 Å². The monoisotopic (exact) mass is 317 g/mol. The summed E-state index contributed by atoms with van der Waals surface area (Å²) in [6.07, 6.45) is 0. The number of nitrogens with two attached hydrogens (primary N) is 1. The SMILES string of the molecule is Cc1sc(Br)cc1C(N)c1cccc(F)c1F. The Morgan fingerprint density at radius 2 is 2.00 bits per heavy atom. The van der Waals surface area contributed by atoms with E-state index < -0.39 is 17.7 Å².